The highest BCUT2D eigenvalue weighted by Gasteiger charge is 2.16. The highest BCUT2D eigenvalue weighted by atomic mass is 19.1. The van der Waals surface area contributed by atoms with Crippen LogP contribution in [-0.2, 0) is 6.54 Å². The molecule has 1 aliphatic heterocycles. The normalized spacial score (nSPS) is 13.4. The first kappa shape index (κ1) is 21.2. The number of hydrogen-bond donors (Lipinski definition) is 1. The first-order chi connectivity index (χ1) is 15.1. The zero-order valence-electron chi connectivity index (χ0n) is 17.9. The van der Waals surface area contributed by atoms with E-state index in [2.05, 4.69) is 17.4 Å². The molecule has 1 N–H and O–H groups in total. The highest BCUT2D eigenvalue weighted by molar-refractivity contribution is 5.44. The van der Waals surface area contributed by atoms with Gasteiger partial charge in [-0.05, 0) is 79.9 Å². The monoisotopic (exact) mass is 421 g/mol. The first-order valence-electron chi connectivity index (χ1n) is 10.7. The third-order valence-corrected chi connectivity index (χ3v) is 5.30. The lowest BCUT2D eigenvalue weighted by Gasteiger charge is -2.19. The molecule has 1 aliphatic rings. The van der Waals surface area contributed by atoms with Gasteiger partial charge in [0, 0.05) is 12.5 Å². The largest absolute Gasteiger partial charge is 0.491 e. The van der Waals surface area contributed by atoms with Crippen molar-refractivity contribution >= 4 is 0 Å². The Labute approximate surface area is 183 Å². The van der Waals surface area contributed by atoms with Gasteiger partial charge >= 0.3 is 0 Å². The van der Waals surface area contributed by atoms with Gasteiger partial charge in [0.2, 0.25) is 6.79 Å². The van der Waals surface area contributed by atoms with E-state index < -0.39 is 0 Å². The quantitative estimate of drug-likeness (QED) is 0.453. The third-order valence-electron chi connectivity index (χ3n) is 5.30. The van der Waals surface area contributed by atoms with Crippen LogP contribution in [0.25, 0.3) is 0 Å². The summed E-state index contributed by atoms with van der Waals surface area (Å²) in [5.74, 6) is 2.40. The van der Waals surface area contributed by atoms with Gasteiger partial charge < -0.3 is 19.5 Å². The molecule has 0 aromatic heterocycles. The van der Waals surface area contributed by atoms with Crippen LogP contribution < -0.4 is 19.5 Å². The van der Waals surface area contributed by atoms with Crippen LogP contribution in [-0.4, -0.2) is 19.4 Å². The Morgan fingerprint density at radius 2 is 1.58 bits per heavy atom. The van der Waals surface area contributed by atoms with Gasteiger partial charge in [0.25, 0.3) is 0 Å². The van der Waals surface area contributed by atoms with E-state index in [0.717, 1.165) is 47.9 Å². The van der Waals surface area contributed by atoms with Gasteiger partial charge in [-0.3, -0.25) is 0 Å². The molecule has 0 saturated carbocycles. The Hall–Kier alpha value is -3.05. The van der Waals surface area contributed by atoms with E-state index in [9.17, 15) is 4.39 Å². The average Bonchev–Trinajstić information content (AvgIpc) is 3.23. The predicted octanol–water partition coefficient (Wildman–Crippen LogP) is 5.65. The smallest absolute Gasteiger partial charge is 0.231 e. The molecule has 4 rings (SSSR count). The summed E-state index contributed by atoms with van der Waals surface area (Å²) >= 11 is 0. The van der Waals surface area contributed by atoms with Crippen LogP contribution in [0.15, 0.2) is 66.7 Å². The van der Waals surface area contributed by atoms with Crippen molar-refractivity contribution in [3.05, 3.63) is 89.2 Å². The minimum Gasteiger partial charge on any atom is -0.491 e. The summed E-state index contributed by atoms with van der Waals surface area (Å²) in [6, 6.07) is 21.0. The van der Waals surface area contributed by atoms with Gasteiger partial charge in [0.15, 0.2) is 11.5 Å². The maximum atomic E-state index is 13.5. The number of rotatable bonds is 9. The van der Waals surface area contributed by atoms with Gasteiger partial charge in [0.05, 0.1) is 6.10 Å². The Bertz CT molecular complexity index is 987. The zero-order valence-corrected chi connectivity index (χ0v) is 17.9. The molecule has 1 atom stereocenters. The Morgan fingerprint density at radius 3 is 2.29 bits per heavy atom. The number of ether oxygens (including phenoxy) is 3. The van der Waals surface area contributed by atoms with Crippen molar-refractivity contribution in [1.82, 2.24) is 5.32 Å². The number of fused-ring (bicyclic) bond motifs is 1. The van der Waals surface area contributed by atoms with Crippen LogP contribution in [0.1, 0.15) is 42.9 Å². The zero-order chi connectivity index (χ0) is 21.6. The Morgan fingerprint density at radius 1 is 0.903 bits per heavy atom. The fraction of sp³-hybridized carbons (Fsp3) is 0.308. The molecule has 3 aromatic carbocycles. The molecule has 162 valence electrons. The number of halogens is 1. The fourth-order valence-electron chi connectivity index (χ4n) is 3.80. The summed E-state index contributed by atoms with van der Waals surface area (Å²) in [6.45, 7) is 5.88. The molecule has 1 unspecified atom stereocenters. The molecule has 0 bridgehead atoms. The number of benzene rings is 3. The molecular weight excluding hydrogens is 393 g/mol. The first-order valence-corrected chi connectivity index (χ1v) is 10.7. The van der Waals surface area contributed by atoms with Crippen LogP contribution in [0.3, 0.4) is 0 Å². The summed E-state index contributed by atoms with van der Waals surface area (Å²) in [5.41, 5.74) is 3.44. The molecule has 0 spiro atoms. The number of hydrogen-bond acceptors (Lipinski definition) is 4. The second-order valence-electron chi connectivity index (χ2n) is 7.99. The molecule has 31 heavy (non-hydrogen) atoms. The molecule has 3 aromatic rings. The Balaban J connectivity index is 1.41. The number of nitrogens with one attached hydrogen (secondary N) is 1. The summed E-state index contributed by atoms with van der Waals surface area (Å²) in [7, 11) is 0. The van der Waals surface area contributed by atoms with E-state index in [1.165, 1.54) is 17.7 Å². The van der Waals surface area contributed by atoms with Gasteiger partial charge in [-0.1, -0.05) is 30.3 Å². The molecular formula is C26H28FNO3. The molecule has 0 saturated heterocycles. The van der Waals surface area contributed by atoms with Gasteiger partial charge in [-0.15, -0.1) is 0 Å². The molecule has 0 aliphatic carbocycles. The highest BCUT2D eigenvalue weighted by Crippen LogP contribution is 2.33. The van der Waals surface area contributed by atoms with E-state index in [0.29, 0.717) is 0 Å². The second kappa shape index (κ2) is 9.84. The lowest BCUT2D eigenvalue weighted by molar-refractivity contribution is 0.174. The maximum Gasteiger partial charge on any atom is 0.231 e. The lowest BCUT2D eigenvalue weighted by atomic mass is 9.88. The van der Waals surface area contributed by atoms with E-state index in [1.807, 2.05) is 56.3 Å². The Kier molecular flexibility index (Phi) is 6.73. The predicted molar refractivity (Wildman–Crippen MR) is 119 cm³/mol. The molecule has 1 heterocycles. The summed E-state index contributed by atoms with van der Waals surface area (Å²) in [6.07, 6.45) is 1.03. The van der Waals surface area contributed by atoms with E-state index in [-0.39, 0.29) is 24.6 Å². The standard InChI is InChI=1S/C26H28FNO3/c1-18(2)31-23-10-6-21(7-11-23)24(20-4-8-22(27)9-5-20)13-14-28-16-19-3-12-25-26(15-19)30-17-29-25/h3-12,15,18,24,28H,13-14,16-17H2,1-2H3. The second-order valence-corrected chi connectivity index (χ2v) is 7.99. The fourth-order valence-corrected chi connectivity index (χ4v) is 3.80. The van der Waals surface area contributed by atoms with Crippen molar-refractivity contribution < 1.29 is 18.6 Å². The lowest BCUT2D eigenvalue weighted by Crippen LogP contribution is -2.18. The summed E-state index contributed by atoms with van der Waals surface area (Å²) in [4.78, 5) is 0. The van der Waals surface area contributed by atoms with Crippen LogP contribution >= 0.6 is 0 Å². The van der Waals surface area contributed by atoms with Crippen LogP contribution in [0, 0.1) is 5.82 Å². The van der Waals surface area contributed by atoms with Crippen molar-refractivity contribution in [2.75, 3.05) is 13.3 Å². The third kappa shape index (κ3) is 5.56. The minimum atomic E-state index is -0.218. The summed E-state index contributed by atoms with van der Waals surface area (Å²) < 4.78 is 30.1. The SMILES string of the molecule is CC(C)Oc1ccc(C(CCNCc2ccc3c(c2)OCO3)c2ccc(F)cc2)cc1. The van der Waals surface area contributed by atoms with Crippen molar-refractivity contribution in [3.63, 3.8) is 0 Å². The topological polar surface area (TPSA) is 39.7 Å². The molecule has 5 heteroatoms. The van der Waals surface area contributed by atoms with Gasteiger partial charge in [-0.2, -0.15) is 0 Å². The van der Waals surface area contributed by atoms with Crippen LogP contribution in [0.5, 0.6) is 17.2 Å². The van der Waals surface area contributed by atoms with E-state index in [1.54, 1.807) is 0 Å². The molecule has 0 radical (unpaired) electrons. The summed E-state index contributed by atoms with van der Waals surface area (Å²) in [5, 5.41) is 3.52. The van der Waals surface area contributed by atoms with Crippen LogP contribution in [0.4, 0.5) is 4.39 Å². The molecule has 0 fully saturated rings. The average molecular weight is 422 g/mol. The van der Waals surface area contributed by atoms with Crippen molar-refractivity contribution in [1.29, 1.82) is 0 Å². The van der Waals surface area contributed by atoms with Gasteiger partial charge in [0.1, 0.15) is 11.6 Å². The van der Waals surface area contributed by atoms with Crippen molar-refractivity contribution in [3.8, 4) is 17.2 Å². The van der Waals surface area contributed by atoms with Gasteiger partial charge in [-0.25, -0.2) is 4.39 Å². The van der Waals surface area contributed by atoms with Crippen molar-refractivity contribution in [2.45, 2.75) is 38.8 Å². The van der Waals surface area contributed by atoms with E-state index in [4.69, 9.17) is 14.2 Å². The minimum absolute atomic E-state index is 0.138. The van der Waals surface area contributed by atoms with Crippen LogP contribution in [0.2, 0.25) is 0 Å². The molecule has 4 nitrogen and oxygen atoms in total. The van der Waals surface area contributed by atoms with Crippen molar-refractivity contribution in [2.24, 2.45) is 0 Å². The maximum absolute atomic E-state index is 13.5. The van der Waals surface area contributed by atoms with E-state index >= 15 is 0 Å². The molecule has 0 amide bonds.